The molecule has 1 heterocycles. The number of amides is 1. The molecule has 0 aliphatic rings. The van der Waals surface area contributed by atoms with Gasteiger partial charge in [0.1, 0.15) is 5.69 Å². The van der Waals surface area contributed by atoms with Gasteiger partial charge in [-0.25, -0.2) is 10.3 Å². The van der Waals surface area contributed by atoms with Crippen molar-refractivity contribution < 1.29 is 19.5 Å². The van der Waals surface area contributed by atoms with Crippen molar-refractivity contribution in [1.82, 2.24) is 10.0 Å². The molecule has 1 aromatic rings. The molecule has 6 nitrogen and oxygen atoms in total. The van der Waals surface area contributed by atoms with E-state index in [0.717, 1.165) is 0 Å². The average Bonchev–Trinajstić information content (AvgIpc) is 2.59. The maximum Gasteiger partial charge on any atom is 0.332 e. The normalized spacial score (nSPS) is 10.1. The highest BCUT2D eigenvalue weighted by Gasteiger charge is 2.12. The van der Waals surface area contributed by atoms with E-state index in [2.05, 4.69) is 4.84 Å². The predicted molar refractivity (Wildman–Crippen MR) is 56.2 cm³/mol. The average molecular weight is 247 g/mol. The number of halogens is 1. The largest absolute Gasteiger partial charge is 0.479 e. The van der Waals surface area contributed by atoms with E-state index in [1.807, 2.05) is 12.4 Å². The summed E-state index contributed by atoms with van der Waals surface area (Å²) in [6.45, 7) is 1.84. The number of carboxylic acids is 1. The van der Waals surface area contributed by atoms with Gasteiger partial charge in [0.2, 0.25) is 0 Å². The van der Waals surface area contributed by atoms with Crippen LogP contribution in [0.3, 0.4) is 0 Å². The first-order valence-electron chi connectivity index (χ1n) is 4.54. The Balaban J connectivity index is 2.61. The number of rotatable bonds is 5. The lowest BCUT2D eigenvalue weighted by Gasteiger charge is -2.06. The molecule has 0 radical (unpaired) electrons. The van der Waals surface area contributed by atoms with Crippen LogP contribution in [0.4, 0.5) is 0 Å². The third-order valence-electron chi connectivity index (χ3n) is 1.80. The molecule has 0 saturated carbocycles. The highest BCUT2D eigenvalue weighted by molar-refractivity contribution is 6.31. The highest BCUT2D eigenvalue weighted by Crippen LogP contribution is 2.13. The first-order chi connectivity index (χ1) is 7.54. The molecule has 0 aromatic carbocycles. The summed E-state index contributed by atoms with van der Waals surface area (Å²) in [5.74, 6) is -1.70. The van der Waals surface area contributed by atoms with E-state index in [4.69, 9.17) is 16.7 Å². The third kappa shape index (κ3) is 3.25. The van der Waals surface area contributed by atoms with Gasteiger partial charge in [0.25, 0.3) is 5.91 Å². The minimum absolute atomic E-state index is 0.317. The van der Waals surface area contributed by atoms with Crippen LogP contribution in [-0.4, -0.2) is 28.2 Å². The number of aliphatic carboxylic acids is 1. The standard InChI is InChI=1S/C9H11ClN2O4/c1-2-12-4-6(10)3-7(12)9(15)11-16-5-8(13)14/h3-4H,2,5H2,1H3,(H,11,15)(H,13,14). The molecule has 0 unspecified atom stereocenters. The number of aryl methyl sites for hydroxylation is 1. The fourth-order valence-corrected chi connectivity index (χ4v) is 1.36. The van der Waals surface area contributed by atoms with Crippen LogP contribution < -0.4 is 5.48 Å². The number of carboxylic acid groups (broad SMARTS) is 1. The second-order valence-corrected chi connectivity index (χ2v) is 3.38. The van der Waals surface area contributed by atoms with Crippen molar-refractivity contribution in [2.75, 3.05) is 6.61 Å². The van der Waals surface area contributed by atoms with Crippen molar-refractivity contribution in [2.45, 2.75) is 13.5 Å². The molecule has 2 N–H and O–H groups in total. The van der Waals surface area contributed by atoms with Crippen LogP contribution in [0.25, 0.3) is 0 Å². The van der Waals surface area contributed by atoms with Crippen LogP contribution in [0, 0.1) is 0 Å². The Labute approximate surface area is 96.7 Å². The lowest BCUT2D eigenvalue weighted by molar-refractivity contribution is -0.144. The highest BCUT2D eigenvalue weighted by atomic mass is 35.5. The molecule has 0 saturated heterocycles. The lowest BCUT2D eigenvalue weighted by atomic mass is 10.4. The molecule has 0 aliphatic heterocycles. The second-order valence-electron chi connectivity index (χ2n) is 2.94. The SMILES string of the molecule is CCn1cc(Cl)cc1C(=O)NOCC(=O)O. The van der Waals surface area contributed by atoms with Crippen molar-refractivity contribution in [2.24, 2.45) is 0 Å². The summed E-state index contributed by atoms with van der Waals surface area (Å²) < 4.78 is 1.63. The molecule has 0 bridgehead atoms. The van der Waals surface area contributed by atoms with E-state index in [1.54, 1.807) is 10.8 Å². The second kappa shape index (κ2) is 5.53. The van der Waals surface area contributed by atoms with E-state index < -0.39 is 18.5 Å². The van der Waals surface area contributed by atoms with E-state index in [9.17, 15) is 9.59 Å². The fraction of sp³-hybridized carbons (Fsp3) is 0.333. The Morgan fingerprint density at radius 2 is 2.31 bits per heavy atom. The van der Waals surface area contributed by atoms with Gasteiger partial charge in [0, 0.05) is 12.7 Å². The monoisotopic (exact) mass is 246 g/mol. The third-order valence-corrected chi connectivity index (χ3v) is 2.00. The van der Waals surface area contributed by atoms with Gasteiger partial charge >= 0.3 is 5.97 Å². The Morgan fingerprint density at radius 1 is 1.62 bits per heavy atom. The molecule has 1 amide bonds. The van der Waals surface area contributed by atoms with Crippen LogP contribution in [-0.2, 0) is 16.2 Å². The van der Waals surface area contributed by atoms with Crippen LogP contribution in [0.1, 0.15) is 17.4 Å². The van der Waals surface area contributed by atoms with Gasteiger partial charge in [-0.1, -0.05) is 11.6 Å². The van der Waals surface area contributed by atoms with Gasteiger partial charge in [0.05, 0.1) is 5.02 Å². The molecule has 0 aliphatic carbocycles. The van der Waals surface area contributed by atoms with Crippen LogP contribution in [0.5, 0.6) is 0 Å². The number of hydrogen-bond donors (Lipinski definition) is 2. The molecule has 1 rings (SSSR count). The number of hydrogen-bond acceptors (Lipinski definition) is 3. The molecule has 7 heteroatoms. The van der Waals surface area contributed by atoms with Gasteiger partial charge in [-0.2, -0.15) is 0 Å². The van der Waals surface area contributed by atoms with Gasteiger partial charge in [-0.15, -0.1) is 0 Å². The van der Waals surface area contributed by atoms with Gasteiger partial charge in [0.15, 0.2) is 6.61 Å². The van der Waals surface area contributed by atoms with Crippen LogP contribution in [0.15, 0.2) is 12.3 Å². The Hall–Kier alpha value is -1.53. The van der Waals surface area contributed by atoms with Crippen molar-refractivity contribution in [3.05, 3.63) is 23.0 Å². The molecule has 88 valence electrons. The summed E-state index contributed by atoms with van der Waals surface area (Å²) in [4.78, 5) is 26.1. The number of nitrogens with zero attached hydrogens (tertiary/aromatic N) is 1. The summed E-state index contributed by atoms with van der Waals surface area (Å²) in [6, 6.07) is 1.48. The minimum Gasteiger partial charge on any atom is -0.479 e. The zero-order valence-corrected chi connectivity index (χ0v) is 9.32. The quantitative estimate of drug-likeness (QED) is 0.757. The number of hydroxylamine groups is 1. The topological polar surface area (TPSA) is 80.6 Å². The first-order valence-corrected chi connectivity index (χ1v) is 4.92. The minimum atomic E-state index is -1.16. The number of nitrogens with one attached hydrogen (secondary N) is 1. The fourth-order valence-electron chi connectivity index (χ4n) is 1.14. The Bertz CT molecular complexity index is 402. The van der Waals surface area contributed by atoms with Crippen molar-refractivity contribution in [3.8, 4) is 0 Å². The van der Waals surface area contributed by atoms with Gasteiger partial charge in [-0.05, 0) is 13.0 Å². The zero-order chi connectivity index (χ0) is 12.1. The van der Waals surface area contributed by atoms with E-state index in [-0.39, 0.29) is 0 Å². The van der Waals surface area contributed by atoms with Gasteiger partial charge < -0.3 is 9.67 Å². The summed E-state index contributed by atoms with van der Waals surface area (Å²) >= 11 is 5.74. The zero-order valence-electron chi connectivity index (χ0n) is 8.57. The Morgan fingerprint density at radius 3 is 2.88 bits per heavy atom. The van der Waals surface area contributed by atoms with Crippen LogP contribution in [0.2, 0.25) is 5.02 Å². The Kier molecular flexibility index (Phi) is 4.33. The summed E-state index contributed by atoms with van der Waals surface area (Å²) in [6.07, 6.45) is 1.60. The predicted octanol–water partition coefficient (Wildman–Crippen LogP) is 0.907. The number of aromatic nitrogens is 1. The molecular formula is C9H11ClN2O4. The molecular weight excluding hydrogens is 236 g/mol. The van der Waals surface area contributed by atoms with Crippen molar-refractivity contribution in [1.29, 1.82) is 0 Å². The van der Waals surface area contributed by atoms with Crippen molar-refractivity contribution in [3.63, 3.8) is 0 Å². The smallest absolute Gasteiger partial charge is 0.332 e. The lowest BCUT2D eigenvalue weighted by Crippen LogP contribution is -2.28. The summed E-state index contributed by atoms with van der Waals surface area (Å²) in [5.41, 5.74) is 2.34. The molecule has 0 spiro atoms. The van der Waals surface area contributed by atoms with Gasteiger partial charge in [-0.3, -0.25) is 9.63 Å². The molecule has 16 heavy (non-hydrogen) atoms. The van der Waals surface area contributed by atoms with E-state index in [1.165, 1.54) is 6.07 Å². The summed E-state index contributed by atoms with van der Waals surface area (Å²) in [5, 5.41) is 8.73. The summed E-state index contributed by atoms with van der Waals surface area (Å²) in [7, 11) is 0. The van der Waals surface area contributed by atoms with Crippen molar-refractivity contribution >= 4 is 23.5 Å². The molecule has 1 aromatic heterocycles. The first kappa shape index (κ1) is 12.5. The maximum absolute atomic E-state index is 11.5. The number of carbonyl (C=O) groups is 2. The van der Waals surface area contributed by atoms with E-state index >= 15 is 0 Å². The maximum atomic E-state index is 11.5. The molecule has 0 fully saturated rings. The van der Waals surface area contributed by atoms with E-state index in [0.29, 0.717) is 17.3 Å². The number of carbonyl (C=O) groups excluding carboxylic acids is 1. The molecule has 0 atom stereocenters. The van der Waals surface area contributed by atoms with Crippen LogP contribution >= 0.6 is 11.6 Å².